The maximum atomic E-state index is 14.0. The minimum atomic E-state index is -4.10. The summed E-state index contributed by atoms with van der Waals surface area (Å²) >= 11 is 3.43. The normalized spacial score (nSPS) is 12.9. The number of sulfonamides is 1. The van der Waals surface area contributed by atoms with E-state index in [1.807, 2.05) is 65.0 Å². The number of rotatable bonds is 11. The van der Waals surface area contributed by atoms with E-state index in [1.54, 1.807) is 43.3 Å². The first-order chi connectivity index (χ1) is 18.8. The molecule has 0 radical (unpaired) electrons. The summed E-state index contributed by atoms with van der Waals surface area (Å²) in [6, 6.07) is 18.5. The van der Waals surface area contributed by atoms with Crippen LogP contribution in [-0.4, -0.2) is 43.8 Å². The Balaban J connectivity index is 2.04. The maximum Gasteiger partial charge on any atom is 0.264 e. The van der Waals surface area contributed by atoms with Crippen LogP contribution in [0.2, 0.25) is 0 Å². The second-order valence-corrected chi connectivity index (χ2v) is 13.0. The molecule has 7 nitrogen and oxygen atoms in total. The van der Waals surface area contributed by atoms with E-state index in [1.165, 1.54) is 4.90 Å². The molecule has 0 aliphatic heterocycles. The molecule has 3 aromatic carbocycles. The van der Waals surface area contributed by atoms with Gasteiger partial charge in [0.1, 0.15) is 12.6 Å². The van der Waals surface area contributed by atoms with Gasteiger partial charge in [-0.25, -0.2) is 8.42 Å². The smallest absolute Gasteiger partial charge is 0.264 e. The summed E-state index contributed by atoms with van der Waals surface area (Å²) in [6.07, 6.45) is 0.745. The zero-order valence-electron chi connectivity index (χ0n) is 23.9. The van der Waals surface area contributed by atoms with Gasteiger partial charge in [-0.3, -0.25) is 13.9 Å². The van der Waals surface area contributed by atoms with Gasteiger partial charge in [0.15, 0.2) is 0 Å². The molecule has 3 aromatic rings. The molecule has 0 saturated heterocycles. The molecule has 9 heteroatoms. The van der Waals surface area contributed by atoms with Gasteiger partial charge in [0.25, 0.3) is 10.0 Å². The van der Waals surface area contributed by atoms with Gasteiger partial charge >= 0.3 is 0 Å². The zero-order valence-corrected chi connectivity index (χ0v) is 26.3. The molecule has 2 amide bonds. The quantitative estimate of drug-likeness (QED) is 0.287. The van der Waals surface area contributed by atoms with Crippen LogP contribution in [0.15, 0.2) is 76.1 Å². The van der Waals surface area contributed by atoms with E-state index in [2.05, 4.69) is 21.2 Å². The van der Waals surface area contributed by atoms with E-state index < -0.39 is 28.5 Å². The first-order valence-corrected chi connectivity index (χ1v) is 15.6. The van der Waals surface area contributed by atoms with Gasteiger partial charge in [-0.05, 0) is 94.1 Å². The first-order valence-electron chi connectivity index (χ1n) is 13.3. The summed E-state index contributed by atoms with van der Waals surface area (Å²) in [7, 11) is -4.10. The van der Waals surface area contributed by atoms with E-state index in [-0.39, 0.29) is 23.4 Å². The third-order valence-electron chi connectivity index (χ3n) is 7.10. The number of benzene rings is 3. The Labute approximate surface area is 246 Å². The number of halogens is 1. The molecule has 0 fully saturated rings. The molecule has 40 heavy (non-hydrogen) atoms. The summed E-state index contributed by atoms with van der Waals surface area (Å²) in [5.74, 6) is -0.775. The molecule has 214 valence electrons. The summed E-state index contributed by atoms with van der Waals surface area (Å²) in [5, 5.41) is 2.95. The van der Waals surface area contributed by atoms with E-state index >= 15 is 0 Å². The molecule has 0 aromatic heterocycles. The average Bonchev–Trinajstić information content (AvgIpc) is 2.92. The Bertz CT molecular complexity index is 1440. The lowest BCUT2D eigenvalue weighted by Gasteiger charge is -2.32. The van der Waals surface area contributed by atoms with Gasteiger partial charge in [-0.1, -0.05) is 58.7 Å². The standard InChI is InChI=1S/C31H38BrN3O4S/c1-7-24(5)33-31(37)25(6)34(19-26-11-13-27(32)14-12-26)30(36)20-35(28-15-10-22(3)23(4)18-28)40(38,39)29-16-8-21(2)9-17-29/h8-18,24-25H,7,19-20H2,1-6H3,(H,33,37)/t24-,25+/m1/s1. The number of anilines is 1. The van der Waals surface area contributed by atoms with Crippen molar-refractivity contribution in [2.45, 2.75) is 71.5 Å². The second-order valence-electron chi connectivity index (χ2n) is 10.2. The highest BCUT2D eigenvalue weighted by atomic mass is 79.9. The van der Waals surface area contributed by atoms with Crippen LogP contribution in [0.4, 0.5) is 5.69 Å². The number of amides is 2. The minimum Gasteiger partial charge on any atom is -0.352 e. The molecule has 0 spiro atoms. The highest BCUT2D eigenvalue weighted by Crippen LogP contribution is 2.27. The lowest BCUT2D eigenvalue weighted by molar-refractivity contribution is -0.139. The lowest BCUT2D eigenvalue weighted by Crippen LogP contribution is -2.52. The van der Waals surface area contributed by atoms with Crippen LogP contribution in [0.1, 0.15) is 49.4 Å². The van der Waals surface area contributed by atoms with Gasteiger partial charge in [0.2, 0.25) is 11.8 Å². The molecular formula is C31H38BrN3O4S. The third-order valence-corrected chi connectivity index (χ3v) is 9.42. The Morgan fingerprint density at radius 1 is 0.900 bits per heavy atom. The average molecular weight is 629 g/mol. The van der Waals surface area contributed by atoms with E-state index in [0.29, 0.717) is 5.69 Å². The molecule has 0 saturated carbocycles. The number of hydrogen-bond donors (Lipinski definition) is 1. The molecule has 0 aliphatic rings. The van der Waals surface area contributed by atoms with Crippen molar-refractivity contribution in [3.05, 3.63) is 93.5 Å². The van der Waals surface area contributed by atoms with Crippen LogP contribution in [0, 0.1) is 20.8 Å². The topological polar surface area (TPSA) is 86.8 Å². The second kappa shape index (κ2) is 13.5. The fraction of sp³-hybridized carbons (Fsp3) is 0.355. The molecule has 2 atom stereocenters. The SMILES string of the molecule is CC[C@@H](C)NC(=O)[C@H](C)N(Cc1ccc(Br)cc1)C(=O)CN(c1ccc(C)c(C)c1)S(=O)(=O)c1ccc(C)cc1. The van der Waals surface area contributed by atoms with Crippen molar-refractivity contribution in [2.75, 3.05) is 10.8 Å². The maximum absolute atomic E-state index is 14.0. The van der Waals surface area contributed by atoms with E-state index in [4.69, 9.17) is 0 Å². The number of nitrogens with zero attached hydrogens (tertiary/aromatic N) is 2. The van der Waals surface area contributed by atoms with Crippen molar-refractivity contribution < 1.29 is 18.0 Å². The van der Waals surface area contributed by atoms with Gasteiger partial charge in [0.05, 0.1) is 10.6 Å². The monoisotopic (exact) mass is 627 g/mol. The summed E-state index contributed by atoms with van der Waals surface area (Å²) in [5.41, 5.74) is 4.04. The van der Waals surface area contributed by atoms with Crippen molar-refractivity contribution >= 4 is 43.5 Å². The van der Waals surface area contributed by atoms with Gasteiger partial charge in [0, 0.05) is 17.1 Å². The summed E-state index contributed by atoms with van der Waals surface area (Å²) < 4.78 is 29.9. The van der Waals surface area contributed by atoms with Crippen LogP contribution < -0.4 is 9.62 Å². The van der Waals surface area contributed by atoms with Crippen LogP contribution >= 0.6 is 15.9 Å². The highest BCUT2D eigenvalue weighted by molar-refractivity contribution is 9.10. The molecule has 0 unspecified atom stereocenters. The van der Waals surface area contributed by atoms with Gasteiger partial charge in [-0.2, -0.15) is 0 Å². The van der Waals surface area contributed by atoms with Crippen molar-refractivity contribution in [3.8, 4) is 0 Å². The molecule has 3 rings (SSSR count). The predicted octanol–water partition coefficient (Wildman–Crippen LogP) is 5.90. The van der Waals surface area contributed by atoms with Gasteiger partial charge in [-0.15, -0.1) is 0 Å². The Hall–Kier alpha value is -3.17. The molecule has 1 N–H and O–H groups in total. The largest absolute Gasteiger partial charge is 0.352 e. The molecule has 0 aliphatic carbocycles. The third kappa shape index (κ3) is 7.73. The first kappa shape index (κ1) is 31.4. The number of carbonyl (C=O) groups is 2. The van der Waals surface area contributed by atoms with Crippen molar-refractivity contribution in [1.82, 2.24) is 10.2 Å². The fourth-order valence-corrected chi connectivity index (χ4v) is 5.75. The number of nitrogens with one attached hydrogen (secondary N) is 1. The Morgan fingerprint density at radius 3 is 2.10 bits per heavy atom. The minimum absolute atomic E-state index is 0.0615. The van der Waals surface area contributed by atoms with Crippen LogP contribution in [0.25, 0.3) is 0 Å². The number of aryl methyl sites for hydroxylation is 3. The van der Waals surface area contributed by atoms with Crippen LogP contribution in [-0.2, 0) is 26.2 Å². The fourth-order valence-electron chi connectivity index (χ4n) is 4.08. The van der Waals surface area contributed by atoms with E-state index in [9.17, 15) is 18.0 Å². The molecular weight excluding hydrogens is 590 g/mol. The van der Waals surface area contributed by atoms with E-state index in [0.717, 1.165) is 37.5 Å². The molecule has 0 heterocycles. The predicted molar refractivity (Wildman–Crippen MR) is 164 cm³/mol. The highest BCUT2D eigenvalue weighted by Gasteiger charge is 2.33. The Kier molecular flexibility index (Phi) is 10.6. The zero-order chi connectivity index (χ0) is 29.6. The van der Waals surface area contributed by atoms with Crippen LogP contribution in [0.5, 0.6) is 0 Å². The Morgan fingerprint density at radius 2 is 1.52 bits per heavy atom. The van der Waals surface area contributed by atoms with Crippen molar-refractivity contribution in [1.29, 1.82) is 0 Å². The van der Waals surface area contributed by atoms with Crippen molar-refractivity contribution in [2.24, 2.45) is 0 Å². The summed E-state index contributed by atoms with van der Waals surface area (Å²) in [6.45, 7) is 11.0. The van der Waals surface area contributed by atoms with Gasteiger partial charge < -0.3 is 10.2 Å². The summed E-state index contributed by atoms with van der Waals surface area (Å²) in [4.78, 5) is 28.7. The number of hydrogen-bond acceptors (Lipinski definition) is 4. The van der Waals surface area contributed by atoms with Crippen molar-refractivity contribution in [3.63, 3.8) is 0 Å². The number of carbonyl (C=O) groups excluding carboxylic acids is 2. The molecule has 0 bridgehead atoms. The van der Waals surface area contributed by atoms with Crippen LogP contribution in [0.3, 0.4) is 0 Å². The lowest BCUT2D eigenvalue weighted by atomic mass is 10.1.